The normalized spacial score (nSPS) is 15.1. The first-order valence-electron chi connectivity index (χ1n) is 6.70. The summed E-state index contributed by atoms with van der Waals surface area (Å²) in [4.78, 5) is 27.0. The number of alkyl halides is 1. The van der Waals surface area contributed by atoms with Gasteiger partial charge in [0, 0.05) is 31.9 Å². The molecule has 0 unspecified atom stereocenters. The van der Waals surface area contributed by atoms with Gasteiger partial charge in [-0.05, 0) is 18.2 Å². The number of benzene rings is 1. The molecule has 2 amide bonds. The highest BCUT2D eigenvalue weighted by Gasteiger charge is 2.21. The highest BCUT2D eigenvalue weighted by atomic mass is 35.5. The second-order valence-corrected chi connectivity index (χ2v) is 5.12. The minimum Gasteiger partial charge on any atom is -1.00 e. The van der Waals surface area contributed by atoms with Gasteiger partial charge in [-0.3, -0.25) is 14.5 Å². The van der Waals surface area contributed by atoms with E-state index < -0.39 is 0 Å². The Hall–Kier alpha value is -1.37. The van der Waals surface area contributed by atoms with Crippen LogP contribution in [0.5, 0.6) is 0 Å². The Morgan fingerprint density at radius 1 is 1.23 bits per heavy atom. The summed E-state index contributed by atoms with van der Waals surface area (Å²) in [6, 6.07) is 5.78. The van der Waals surface area contributed by atoms with Crippen molar-refractivity contribution in [3.63, 3.8) is 0 Å². The predicted octanol–water partition coefficient (Wildman–Crippen LogP) is -1.85. The van der Waals surface area contributed by atoms with Gasteiger partial charge in [0.15, 0.2) is 0 Å². The van der Waals surface area contributed by atoms with E-state index in [0.29, 0.717) is 31.9 Å². The molecule has 2 rings (SSSR count). The molecule has 22 heavy (non-hydrogen) atoms. The number of carbonyl (C=O) groups excluding carboxylic acids is 2. The van der Waals surface area contributed by atoms with Crippen LogP contribution in [0.3, 0.4) is 0 Å². The maximum absolute atomic E-state index is 13.0. The Morgan fingerprint density at radius 2 is 1.91 bits per heavy atom. The van der Waals surface area contributed by atoms with E-state index in [4.69, 9.17) is 11.6 Å². The van der Waals surface area contributed by atoms with Crippen molar-refractivity contribution in [1.82, 2.24) is 9.80 Å². The van der Waals surface area contributed by atoms with Crippen molar-refractivity contribution in [2.45, 2.75) is 0 Å². The third-order valence-corrected chi connectivity index (χ3v) is 3.54. The van der Waals surface area contributed by atoms with Crippen LogP contribution in [0.15, 0.2) is 24.3 Å². The summed E-state index contributed by atoms with van der Waals surface area (Å²) < 4.78 is 13.0. The number of rotatable bonds is 4. The van der Waals surface area contributed by atoms with E-state index in [1.54, 1.807) is 17.0 Å². The van der Waals surface area contributed by atoms with Gasteiger partial charge in [0.05, 0.1) is 6.54 Å². The van der Waals surface area contributed by atoms with E-state index in [9.17, 15) is 14.0 Å². The Kier molecular flexibility index (Phi) is 7.58. The summed E-state index contributed by atoms with van der Waals surface area (Å²) in [6.45, 7) is 2.61. The quantitative estimate of drug-likeness (QED) is 0.650. The van der Waals surface area contributed by atoms with Gasteiger partial charge < -0.3 is 22.6 Å². The van der Waals surface area contributed by atoms with Crippen LogP contribution in [-0.4, -0.2) is 60.2 Å². The number of piperazine rings is 1. The number of nitrogens with one attached hydrogen (secondary N) is 1. The number of nitrogens with zero attached hydrogens (tertiary/aromatic N) is 2. The van der Waals surface area contributed by atoms with Gasteiger partial charge in [-0.2, -0.15) is 0 Å². The van der Waals surface area contributed by atoms with Gasteiger partial charge in [-0.15, -0.1) is 11.6 Å². The van der Waals surface area contributed by atoms with Crippen LogP contribution in [0.2, 0.25) is 0 Å². The van der Waals surface area contributed by atoms with Crippen molar-refractivity contribution in [1.29, 1.82) is 0 Å². The van der Waals surface area contributed by atoms with Crippen molar-refractivity contribution in [3.05, 3.63) is 30.1 Å². The maximum Gasteiger partial charge on any atom is 0.238 e. The van der Waals surface area contributed by atoms with Crippen LogP contribution >= 0.6 is 11.6 Å². The second-order valence-electron chi connectivity index (χ2n) is 4.85. The topological polar surface area (TPSA) is 52.7 Å². The number of amides is 2. The second kappa shape index (κ2) is 8.92. The Bertz CT molecular complexity index is 523. The van der Waals surface area contributed by atoms with Crippen LogP contribution in [0, 0.1) is 5.82 Å². The summed E-state index contributed by atoms with van der Waals surface area (Å²) >= 11 is 5.51. The van der Waals surface area contributed by atoms with E-state index in [2.05, 4.69) is 5.32 Å². The van der Waals surface area contributed by atoms with Crippen LogP contribution in [0.25, 0.3) is 0 Å². The largest absolute Gasteiger partial charge is 1.00 e. The van der Waals surface area contributed by atoms with Crippen molar-refractivity contribution in [3.8, 4) is 0 Å². The molecule has 1 fully saturated rings. The molecule has 0 atom stereocenters. The van der Waals surface area contributed by atoms with Gasteiger partial charge in [0.1, 0.15) is 11.7 Å². The summed E-state index contributed by atoms with van der Waals surface area (Å²) in [5.74, 6) is -0.681. The minimum absolute atomic E-state index is 0. The molecular weight excluding hydrogens is 332 g/mol. The van der Waals surface area contributed by atoms with E-state index in [1.807, 2.05) is 4.90 Å². The number of hydrogen-bond acceptors (Lipinski definition) is 3. The Balaban J connectivity index is 0.00000242. The fourth-order valence-corrected chi connectivity index (χ4v) is 2.38. The van der Waals surface area contributed by atoms with E-state index in [-0.39, 0.29) is 42.5 Å². The Labute approximate surface area is 139 Å². The molecule has 0 aliphatic carbocycles. The molecule has 122 valence electrons. The summed E-state index contributed by atoms with van der Waals surface area (Å²) in [6.07, 6.45) is 0. The van der Waals surface area contributed by atoms with Crippen molar-refractivity contribution < 1.29 is 26.4 Å². The van der Waals surface area contributed by atoms with Gasteiger partial charge in [0.25, 0.3) is 0 Å². The molecule has 1 aliphatic heterocycles. The number of anilines is 1. The average Bonchev–Trinajstić information content (AvgIpc) is 2.47. The molecular formula is C14H17Cl2FN3O2-. The predicted molar refractivity (Wildman–Crippen MR) is 78.8 cm³/mol. The third-order valence-electron chi connectivity index (χ3n) is 3.31. The van der Waals surface area contributed by atoms with E-state index in [0.717, 1.165) is 0 Å². The molecule has 0 spiro atoms. The lowest BCUT2D eigenvalue weighted by molar-refractivity contribution is -0.130. The standard InChI is InChI=1S/C14H17ClFN3O2.ClH/c15-9-14(21)19-6-4-18(5-7-19)10-13(20)17-12-3-1-2-11(16)8-12;/h1-3,8H,4-7,9-10H2,(H,17,20);1H/p-1. The van der Waals surface area contributed by atoms with Gasteiger partial charge in [0.2, 0.25) is 11.8 Å². The van der Waals surface area contributed by atoms with E-state index in [1.165, 1.54) is 12.1 Å². The first-order chi connectivity index (χ1) is 10.1. The average molecular weight is 349 g/mol. The summed E-state index contributed by atoms with van der Waals surface area (Å²) in [5.41, 5.74) is 0.441. The van der Waals surface area contributed by atoms with Crippen LogP contribution in [0.1, 0.15) is 0 Å². The molecule has 0 radical (unpaired) electrons. The lowest BCUT2D eigenvalue weighted by atomic mass is 10.3. The fraction of sp³-hybridized carbons (Fsp3) is 0.429. The highest BCUT2D eigenvalue weighted by molar-refractivity contribution is 6.27. The fourth-order valence-electron chi connectivity index (χ4n) is 2.21. The third kappa shape index (κ3) is 5.44. The van der Waals surface area contributed by atoms with Crippen LogP contribution in [0.4, 0.5) is 10.1 Å². The molecule has 1 heterocycles. The smallest absolute Gasteiger partial charge is 0.238 e. The summed E-state index contributed by atoms with van der Waals surface area (Å²) in [5, 5.41) is 2.65. The van der Waals surface area contributed by atoms with Crippen molar-refractivity contribution >= 4 is 29.1 Å². The van der Waals surface area contributed by atoms with Gasteiger partial charge in [-0.1, -0.05) is 6.07 Å². The summed E-state index contributed by atoms with van der Waals surface area (Å²) in [7, 11) is 0. The number of hydrogen-bond donors (Lipinski definition) is 1. The zero-order chi connectivity index (χ0) is 15.2. The molecule has 1 N–H and O–H groups in total. The molecule has 5 nitrogen and oxygen atoms in total. The highest BCUT2D eigenvalue weighted by Crippen LogP contribution is 2.09. The van der Waals surface area contributed by atoms with E-state index >= 15 is 0 Å². The van der Waals surface area contributed by atoms with Gasteiger partial charge in [-0.25, -0.2) is 4.39 Å². The molecule has 1 aromatic carbocycles. The van der Waals surface area contributed by atoms with Crippen molar-refractivity contribution in [2.24, 2.45) is 0 Å². The van der Waals surface area contributed by atoms with Crippen LogP contribution < -0.4 is 17.7 Å². The monoisotopic (exact) mass is 348 g/mol. The molecule has 1 aliphatic rings. The number of halogens is 3. The molecule has 1 saturated heterocycles. The first-order valence-corrected chi connectivity index (χ1v) is 7.23. The lowest BCUT2D eigenvalue weighted by Crippen LogP contribution is -3.00. The van der Waals surface area contributed by atoms with Gasteiger partial charge >= 0.3 is 0 Å². The minimum atomic E-state index is -0.388. The molecule has 8 heteroatoms. The molecule has 1 aromatic rings. The lowest BCUT2D eigenvalue weighted by Gasteiger charge is -2.33. The Morgan fingerprint density at radius 3 is 2.50 bits per heavy atom. The zero-order valence-corrected chi connectivity index (χ0v) is 13.4. The molecule has 0 aromatic heterocycles. The SMILES string of the molecule is O=C(CN1CCN(C(=O)CCl)CC1)Nc1cccc(F)c1.[Cl-]. The zero-order valence-electron chi connectivity index (χ0n) is 11.9. The maximum atomic E-state index is 13.0. The number of carbonyl (C=O) groups is 2. The van der Waals surface area contributed by atoms with Crippen molar-refractivity contribution in [2.75, 3.05) is 43.9 Å². The van der Waals surface area contributed by atoms with Crippen LogP contribution in [-0.2, 0) is 9.59 Å². The first kappa shape index (κ1) is 18.7. The molecule has 0 bridgehead atoms. The molecule has 0 saturated carbocycles.